The highest BCUT2D eigenvalue weighted by Crippen LogP contribution is 2.07. The van der Waals surface area contributed by atoms with Crippen LogP contribution in [-0.4, -0.2) is 19.1 Å². The average molecular weight is 341 g/mol. The molecule has 0 fully saturated rings. The van der Waals surface area contributed by atoms with E-state index in [1.54, 1.807) is 0 Å². The molecule has 0 amide bonds. The molecule has 0 unspecified atom stereocenters. The van der Waals surface area contributed by atoms with Crippen LogP contribution < -0.4 is 4.57 Å². The molecule has 22 heavy (non-hydrogen) atoms. The van der Waals surface area contributed by atoms with Crippen molar-refractivity contribution >= 4 is 14.5 Å². The fraction of sp³-hybridized carbons (Fsp3) is 0.700. The smallest absolute Gasteiger partial charge is 0.418 e. The number of hydrogen-bond acceptors (Lipinski definition) is 0. The Morgan fingerprint density at radius 3 is 1.64 bits per heavy atom. The predicted octanol–water partition coefficient (Wildman–Crippen LogP) is 4.49. The largest absolute Gasteiger partial charge is 0.673 e. The molecular weight excluding hydrogens is 322 g/mol. The molecule has 2 nitrogen and oxygen atoms in total. The summed E-state index contributed by atoms with van der Waals surface area (Å²) in [6.07, 6.45) is 11.7. The van der Waals surface area contributed by atoms with Crippen molar-refractivity contribution in [1.82, 2.24) is 4.57 Å². The van der Waals surface area contributed by atoms with Gasteiger partial charge in [0.05, 0.1) is 13.6 Å². The number of nitrogens with zero attached hydrogens (tertiary/aromatic N) is 2. The van der Waals surface area contributed by atoms with Crippen molar-refractivity contribution in [2.45, 2.75) is 39.2 Å². The number of halogens is 8. The van der Waals surface area contributed by atoms with Gasteiger partial charge in [-0.15, -0.1) is 0 Å². The molecule has 0 saturated heterocycles. The molecule has 0 aliphatic rings. The van der Waals surface area contributed by atoms with Crippen molar-refractivity contribution in [1.29, 1.82) is 0 Å². The van der Waals surface area contributed by atoms with Gasteiger partial charge in [0.15, 0.2) is 0 Å². The van der Waals surface area contributed by atoms with Gasteiger partial charge in [-0.05, 0) is 12.8 Å². The Bertz CT molecular complexity index is 354. The second-order valence-corrected chi connectivity index (χ2v) is 4.37. The third-order valence-corrected chi connectivity index (χ3v) is 2.09. The number of hydrogen-bond donors (Lipinski definition) is 0. The Hall–Kier alpha value is -1.22. The van der Waals surface area contributed by atoms with Crippen molar-refractivity contribution in [3.8, 4) is 0 Å². The molecular formula is C10H19B2F8N2-. The summed E-state index contributed by atoms with van der Waals surface area (Å²) in [4.78, 5) is 0. The van der Waals surface area contributed by atoms with Gasteiger partial charge in [-0.25, -0.2) is 9.13 Å². The van der Waals surface area contributed by atoms with Gasteiger partial charge in [0.1, 0.15) is 12.4 Å². The molecule has 0 atom stereocenters. The zero-order chi connectivity index (χ0) is 17.8. The van der Waals surface area contributed by atoms with Gasteiger partial charge in [0.25, 0.3) is 0 Å². The molecule has 1 aromatic rings. The molecule has 0 bridgehead atoms. The third-order valence-electron chi connectivity index (χ3n) is 2.09. The Morgan fingerprint density at radius 2 is 1.32 bits per heavy atom. The number of imidazole rings is 1. The van der Waals surface area contributed by atoms with Crippen molar-refractivity contribution in [3.63, 3.8) is 0 Å². The van der Waals surface area contributed by atoms with E-state index in [1.165, 1.54) is 32.2 Å². The summed E-state index contributed by atoms with van der Waals surface area (Å²) in [6, 6.07) is 0. The molecule has 0 spiro atoms. The maximum absolute atomic E-state index is 9.75. The van der Waals surface area contributed by atoms with Crippen LogP contribution >= 0.6 is 0 Å². The lowest BCUT2D eigenvalue weighted by Crippen LogP contribution is -2.23. The lowest BCUT2D eigenvalue weighted by molar-refractivity contribution is -0.671. The monoisotopic (exact) mass is 341 g/mol. The van der Waals surface area contributed by atoms with Crippen LogP contribution in [-0.2, 0) is 13.6 Å². The number of unbranched alkanes of at least 4 members (excludes halogenated alkanes) is 3. The molecule has 132 valence electrons. The van der Waals surface area contributed by atoms with E-state index in [0.29, 0.717) is 0 Å². The fourth-order valence-electron chi connectivity index (χ4n) is 1.36. The maximum atomic E-state index is 9.75. The molecule has 12 heteroatoms. The minimum Gasteiger partial charge on any atom is -0.418 e. The van der Waals surface area contributed by atoms with Gasteiger partial charge in [0.2, 0.25) is 6.33 Å². The lowest BCUT2D eigenvalue weighted by atomic mass is 10.2. The zero-order valence-corrected chi connectivity index (χ0v) is 12.3. The van der Waals surface area contributed by atoms with Crippen molar-refractivity contribution in [3.05, 3.63) is 18.7 Å². The minimum atomic E-state index is -6.00. The normalized spacial score (nSPS) is 11.2. The van der Waals surface area contributed by atoms with Crippen LogP contribution in [0.2, 0.25) is 0 Å². The molecule has 1 aromatic heterocycles. The number of aromatic nitrogens is 2. The summed E-state index contributed by atoms with van der Waals surface area (Å²) in [5, 5.41) is 0. The summed E-state index contributed by atoms with van der Waals surface area (Å²) in [7, 11) is -9.94. The highest BCUT2D eigenvalue weighted by Gasteiger charge is 2.21. The second kappa shape index (κ2) is 11.4. The van der Waals surface area contributed by atoms with Crippen molar-refractivity contribution < 1.29 is 39.1 Å². The summed E-state index contributed by atoms with van der Waals surface area (Å²) in [5.74, 6) is 0. The highest BCUT2D eigenvalue weighted by molar-refractivity contribution is 6.50. The van der Waals surface area contributed by atoms with Crippen LogP contribution in [0.3, 0.4) is 0 Å². The van der Waals surface area contributed by atoms with Gasteiger partial charge >= 0.3 is 14.5 Å². The first-order valence-electron chi connectivity index (χ1n) is 6.58. The molecule has 1 rings (SSSR count). The topological polar surface area (TPSA) is 8.81 Å². The Morgan fingerprint density at radius 1 is 0.864 bits per heavy atom. The van der Waals surface area contributed by atoms with Gasteiger partial charge < -0.3 is 34.5 Å². The molecule has 0 aliphatic heterocycles. The van der Waals surface area contributed by atoms with E-state index in [-0.39, 0.29) is 0 Å². The molecule has 0 N–H and O–H groups in total. The van der Waals surface area contributed by atoms with E-state index < -0.39 is 14.5 Å². The van der Waals surface area contributed by atoms with E-state index in [9.17, 15) is 34.5 Å². The van der Waals surface area contributed by atoms with Crippen LogP contribution in [0.4, 0.5) is 34.5 Å². The number of aryl methyl sites for hydroxylation is 2. The van der Waals surface area contributed by atoms with Crippen LogP contribution in [0.15, 0.2) is 18.7 Å². The quantitative estimate of drug-likeness (QED) is 0.323. The highest BCUT2D eigenvalue weighted by atomic mass is 19.5. The van der Waals surface area contributed by atoms with Gasteiger partial charge in [-0.1, -0.05) is 19.8 Å². The van der Waals surface area contributed by atoms with Crippen LogP contribution in [0.1, 0.15) is 32.6 Å². The summed E-state index contributed by atoms with van der Waals surface area (Å²) >= 11 is 0. The van der Waals surface area contributed by atoms with E-state index in [1.807, 2.05) is 0 Å². The summed E-state index contributed by atoms with van der Waals surface area (Å²) in [6.45, 7) is 3.41. The molecule has 0 aromatic carbocycles. The van der Waals surface area contributed by atoms with Gasteiger partial charge in [-0.3, -0.25) is 0 Å². The first-order valence-corrected chi connectivity index (χ1v) is 6.58. The zero-order valence-electron chi connectivity index (χ0n) is 12.3. The first-order chi connectivity index (χ1) is 9.83. The van der Waals surface area contributed by atoms with Gasteiger partial charge in [-0.2, -0.15) is 0 Å². The maximum Gasteiger partial charge on any atom is 0.673 e. The minimum absolute atomic E-state index is 1.17. The predicted molar refractivity (Wildman–Crippen MR) is 70.1 cm³/mol. The van der Waals surface area contributed by atoms with Crippen LogP contribution in [0, 0.1) is 0 Å². The van der Waals surface area contributed by atoms with Crippen LogP contribution in [0.25, 0.3) is 0 Å². The fourth-order valence-corrected chi connectivity index (χ4v) is 1.36. The van der Waals surface area contributed by atoms with E-state index in [0.717, 1.165) is 0 Å². The molecule has 0 radical (unpaired) electrons. The standard InChI is InChI=1S/C10H19N2.2BF4/c1-3-4-5-6-7-12-9-8-11(2)10-12;2*2-1(3,4)5/h8-10H,3-7H2,1-2H3;;/q+1;2*-1. The number of rotatable bonds is 5. The molecule has 1 heterocycles. The van der Waals surface area contributed by atoms with Crippen molar-refractivity contribution in [2.24, 2.45) is 7.05 Å². The second-order valence-electron chi connectivity index (χ2n) is 4.37. The Labute approximate surface area is 124 Å². The van der Waals surface area contributed by atoms with E-state index in [4.69, 9.17) is 0 Å². The van der Waals surface area contributed by atoms with E-state index >= 15 is 0 Å². The van der Waals surface area contributed by atoms with Gasteiger partial charge in [0, 0.05) is 0 Å². The Balaban J connectivity index is 0. The Kier molecular flexibility index (Phi) is 11.9. The summed E-state index contributed by atoms with van der Waals surface area (Å²) < 4.78 is 82.3. The lowest BCUT2D eigenvalue weighted by Gasteiger charge is -1.95. The first kappa shape index (κ1) is 23.1. The van der Waals surface area contributed by atoms with Crippen molar-refractivity contribution in [2.75, 3.05) is 0 Å². The van der Waals surface area contributed by atoms with Crippen LogP contribution in [0.5, 0.6) is 0 Å². The summed E-state index contributed by atoms with van der Waals surface area (Å²) in [5.41, 5.74) is 0. The average Bonchev–Trinajstić information content (AvgIpc) is 2.66. The van der Waals surface area contributed by atoms with E-state index in [2.05, 4.69) is 41.8 Å². The molecule has 0 aliphatic carbocycles. The SMILES string of the molecule is CCCCCCn1cc[n+](C)c1.F[B-](F)(F)F.F[B-](F)(F)F. The third kappa shape index (κ3) is 31.3. The molecule has 0 saturated carbocycles.